The van der Waals surface area contributed by atoms with Gasteiger partial charge < -0.3 is 10.9 Å². The van der Waals surface area contributed by atoms with Gasteiger partial charge in [0.05, 0.1) is 18.0 Å². The molecule has 0 saturated heterocycles. The Balaban J connectivity index is 0.00000312. The minimum atomic E-state index is -0.411. The number of benzene rings is 1. The molecule has 0 aliphatic carbocycles. The van der Waals surface area contributed by atoms with Gasteiger partial charge in [0.2, 0.25) is 0 Å². The van der Waals surface area contributed by atoms with Crippen LogP contribution in [0.25, 0.3) is 0 Å². The van der Waals surface area contributed by atoms with E-state index >= 15 is 0 Å². The predicted octanol–water partition coefficient (Wildman–Crippen LogP) is 1.65. The van der Waals surface area contributed by atoms with Gasteiger partial charge in [-0.05, 0) is 23.8 Å². The van der Waals surface area contributed by atoms with E-state index in [0.717, 1.165) is 5.56 Å². The molecule has 25 heavy (non-hydrogen) atoms. The molecule has 10 nitrogen and oxygen atoms in total. The van der Waals surface area contributed by atoms with Crippen LogP contribution in [0, 0.1) is 4.91 Å². The van der Waals surface area contributed by atoms with Gasteiger partial charge in [-0.3, -0.25) is 15.0 Å². The molecule has 5 N–H and O–H groups in total. The first-order valence-corrected chi connectivity index (χ1v) is 6.91. The lowest BCUT2D eigenvalue weighted by atomic mass is 10.2. The maximum atomic E-state index is 11.6. The number of hydroxylamine groups is 1. The highest BCUT2D eigenvalue weighted by Crippen LogP contribution is 2.13. The number of carbonyl (C=O) groups excluding carboxylic acids is 1. The molecule has 0 aliphatic heterocycles. The number of hydrogen-bond donors (Lipinski definition) is 3. The number of amides is 1. The fraction of sp³-hybridized carbons (Fsp3) is 0.133. The maximum absolute atomic E-state index is 11.6. The number of aromatic nitrogens is 1. The quantitative estimate of drug-likeness (QED) is 0.373. The molecule has 2 rings (SSSR count). The van der Waals surface area contributed by atoms with Crippen molar-refractivity contribution in [1.29, 1.82) is 0 Å². The van der Waals surface area contributed by atoms with E-state index in [4.69, 9.17) is 9.94 Å². The van der Waals surface area contributed by atoms with Crippen molar-refractivity contribution in [2.45, 2.75) is 6.54 Å². The summed E-state index contributed by atoms with van der Waals surface area (Å²) in [6.07, 6.45) is 4.73. The van der Waals surface area contributed by atoms with Gasteiger partial charge in [0, 0.05) is 18.0 Å². The monoisotopic (exact) mass is 346 g/mol. The predicted molar refractivity (Wildman–Crippen MR) is 90.1 cm³/mol. The molecule has 0 bridgehead atoms. The maximum Gasteiger partial charge on any atom is 0.277 e. The Bertz CT molecular complexity index is 693. The van der Waals surface area contributed by atoms with Crippen LogP contribution in [0.5, 0.6) is 5.75 Å². The fourth-order valence-electron chi connectivity index (χ4n) is 1.70. The summed E-state index contributed by atoms with van der Waals surface area (Å²) < 4.78 is 5.30. The van der Waals surface area contributed by atoms with E-state index in [1.54, 1.807) is 48.8 Å². The molecule has 1 heterocycles. The topological polar surface area (TPSA) is 151 Å². The highest BCUT2D eigenvalue weighted by atomic mass is 16.6. The van der Waals surface area contributed by atoms with Crippen LogP contribution in [-0.4, -0.2) is 34.1 Å². The first kappa shape index (κ1) is 19.7. The second-order valence-corrected chi connectivity index (χ2v) is 4.62. The second kappa shape index (κ2) is 10.4. The van der Waals surface area contributed by atoms with E-state index < -0.39 is 5.91 Å². The molecule has 132 valence electrons. The number of nitroso groups, excluding NO2 is 1. The Morgan fingerprint density at radius 3 is 2.72 bits per heavy atom. The molecule has 1 aromatic heterocycles. The van der Waals surface area contributed by atoms with E-state index in [9.17, 15) is 9.70 Å². The molecule has 0 radical (unpaired) electrons. The number of nitrogens with one attached hydrogen (secondary N) is 1. The van der Waals surface area contributed by atoms with Gasteiger partial charge in [-0.2, -0.15) is 5.10 Å². The molecule has 0 atom stereocenters. The van der Waals surface area contributed by atoms with Crippen LogP contribution >= 0.6 is 0 Å². The Kier molecular flexibility index (Phi) is 8.20. The molecule has 0 aliphatic rings. The third-order valence-corrected chi connectivity index (χ3v) is 2.80. The minimum absolute atomic E-state index is 0. The summed E-state index contributed by atoms with van der Waals surface area (Å²) in [5, 5.41) is 15.4. The number of pyridine rings is 1. The Hall–Kier alpha value is -3.37. The summed E-state index contributed by atoms with van der Waals surface area (Å²) in [7, 11) is 0. The van der Waals surface area contributed by atoms with Crippen LogP contribution in [0.2, 0.25) is 0 Å². The van der Waals surface area contributed by atoms with Gasteiger partial charge in [0.1, 0.15) is 5.75 Å². The standard InChI is InChI=1S/C15H15N5O4.H3N/c21-15(18-17-9-13-2-1-7-16-8-13)11-24-14-5-3-12(4-6-14)10-20(23)19-22;/h1-9,23H,10-11H2,(H,18,21);1H3. The van der Waals surface area contributed by atoms with Crippen LogP contribution < -0.4 is 16.3 Å². The average molecular weight is 346 g/mol. The molecule has 0 saturated carbocycles. The van der Waals surface area contributed by atoms with Crippen molar-refractivity contribution < 1.29 is 14.7 Å². The Labute approximate surface area is 143 Å². The first-order chi connectivity index (χ1) is 11.7. The third-order valence-electron chi connectivity index (χ3n) is 2.80. The van der Waals surface area contributed by atoms with E-state index in [1.165, 1.54) is 6.21 Å². The number of nitrogens with zero attached hydrogens (tertiary/aromatic N) is 4. The van der Waals surface area contributed by atoms with Crippen LogP contribution in [0.3, 0.4) is 0 Å². The molecular formula is C15H18N6O4. The molecule has 0 spiro atoms. The van der Waals surface area contributed by atoms with E-state index in [-0.39, 0.29) is 24.5 Å². The van der Waals surface area contributed by atoms with Gasteiger partial charge in [-0.15, -0.1) is 10.1 Å². The van der Waals surface area contributed by atoms with Crippen LogP contribution in [0.1, 0.15) is 11.1 Å². The smallest absolute Gasteiger partial charge is 0.277 e. The molecular weight excluding hydrogens is 328 g/mol. The van der Waals surface area contributed by atoms with Crippen molar-refractivity contribution >= 4 is 12.1 Å². The van der Waals surface area contributed by atoms with E-state index in [1.807, 2.05) is 0 Å². The average Bonchev–Trinajstić information content (AvgIpc) is 2.62. The van der Waals surface area contributed by atoms with Crippen molar-refractivity contribution in [3.63, 3.8) is 0 Å². The fourth-order valence-corrected chi connectivity index (χ4v) is 1.70. The summed E-state index contributed by atoms with van der Waals surface area (Å²) in [6, 6.07) is 10.1. The molecule has 1 aromatic carbocycles. The highest BCUT2D eigenvalue weighted by molar-refractivity contribution is 5.82. The normalized spacial score (nSPS) is 9.96. The van der Waals surface area contributed by atoms with E-state index in [0.29, 0.717) is 11.3 Å². The summed E-state index contributed by atoms with van der Waals surface area (Å²) >= 11 is 0. The molecule has 0 unspecified atom stereocenters. The highest BCUT2D eigenvalue weighted by Gasteiger charge is 2.03. The van der Waals surface area contributed by atoms with Gasteiger partial charge >= 0.3 is 0 Å². The van der Waals surface area contributed by atoms with Crippen molar-refractivity contribution in [3.8, 4) is 5.75 Å². The summed E-state index contributed by atoms with van der Waals surface area (Å²) in [5.74, 6) is 0.0552. The third kappa shape index (κ3) is 7.16. The molecule has 1 amide bonds. The molecule has 10 heteroatoms. The number of ether oxygens (including phenoxy) is 1. The van der Waals surface area contributed by atoms with Gasteiger partial charge in [0.15, 0.2) is 6.61 Å². The van der Waals surface area contributed by atoms with Gasteiger partial charge in [0.25, 0.3) is 5.91 Å². The first-order valence-electron chi connectivity index (χ1n) is 6.91. The zero-order chi connectivity index (χ0) is 17.2. The molecule has 0 fully saturated rings. The number of rotatable bonds is 8. The summed E-state index contributed by atoms with van der Waals surface area (Å²) in [4.78, 5) is 25.6. The van der Waals surface area contributed by atoms with Crippen molar-refractivity contribution in [3.05, 3.63) is 64.8 Å². The van der Waals surface area contributed by atoms with Crippen LogP contribution in [0.4, 0.5) is 0 Å². The number of hydrogen-bond acceptors (Lipinski definition) is 8. The number of carbonyl (C=O) groups is 1. The van der Waals surface area contributed by atoms with Crippen LogP contribution in [0.15, 0.2) is 59.2 Å². The SMILES string of the molecule is N.O=NN(O)Cc1ccc(OCC(=O)NN=Cc2cccnc2)cc1. The van der Waals surface area contributed by atoms with Gasteiger partial charge in [-0.25, -0.2) is 5.43 Å². The van der Waals surface area contributed by atoms with Crippen molar-refractivity contribution in [2.75, 3.05) is 6.61 Å². The van der Waals surface area contributed by atoms with Crippen molar-refractivity contribution in [1.82, 2.24) is 21.7 Å². The Morgan fingerprint density at radius 2 is 2.08 bits per heavy atom. The minimum Gasteiger partial charge on any atom is -0.484 e. The zero-order valence-electron chi connectivity index (χ0n) is 13.3. The van der Waals surface area contributed by atoms with Crippen molar-refractivity contribution in [2.24, 2.45) is 10.4 Å². The number of hydrazone groups is 1. The lowest BCUT2D eigenvalue weighted by molar-refractivity contribution is -0.123. The zero-order valence-corrected chi connectivity index (χ0v) is 13.3. The Morgan fingerprint density at radius 1 is 1.32 bits per heavy atom. The van der Waals surface area contributed by atoms with Crippen LogP contribution in [-0.2, 0) is 11.3 Å². The largest absolute Gasteiger partial charge is 0.484 e. The summed E-state index contributed by atoms with van der Waals surface area (Å²) in [6.45, 7) is -0.237. The lowest BCUT2D eigenvalue weighted by Crippen LogP contribution is -2.24. The molecule has 2 aromatic rings. The summed E-state index contributed by atoms with van der Waals surface area (Å²) in [5.41, 5.74) is 3.76. The van der Waals surface area contributed by atoms with E-state index in [2.05, 4.69) is 20.8 Å². The lowest BCUT2D eigenvalue weighted by Gasteiger charge is -2.08. The second-order valence-electron chi connectivity index (χ2n) is 4.62. The van der Waals surface area contributed by atoms with Gasteiger partial charge in [-0.1, -0.05) is 18.2 Å².